The van der Waals surface area contributed by atoms with Crippen molar-refractivity contribution >= 4 is 106 Å². The third-order valence-electron chi connectivity index (χ3n) is 11.2. The lowest BCUT2D eigenvalue weighted by atomic mass is 10.0. The summed E-state index contributed by atoms with van der Waals surface area (Å²) in [4.78, 5) is 25.8. The first-order valence-corrected chi connectivity index (χ1v) is 31.8. The molecule has 346 valence electrons. The number of hydrogen-bond donors (Lipinski definition) is 2. The van der Waals surface area contributed by atoms with Crippen molar-refractivity contribution in [2.75, 3.05) is 36.1 Å². The van der Waals surface area contributed by atoms with Gasteiger partial charge in [0.1, 0.15) is 0 Å². The van der Waals surface area contributed by atoms with Crippen molar-refractivity contribution in [2.45, 2.75) is 219 Å². The van der Waals surface area contributed by atoms with Gasteiger partial charge >= 0.3 is 0 Å². The lowest BCUT2D eigenvalue weighted by molar-refractivity contribution is -0.119. The maximum absolute atomic E-state index is 12.9. The summed E-state index contributed by atoms with van der Waals surface area (Å²) in [5, 5.41) is 6.37. The Morgan fingerprint density at radius 3 is 0.950 bits per heavy atom. The smallest absolute Gasteiger partial charge is 0.230 e. The standard InChI is InChI=1S/C48H84N2O2S8/c1-3-5-7-9-11-13-15-17-19-21-23-25-27-29-31-33-35-49-41(51)39-55-45-46(60-48(59-45)47-57-43-44(58-47)54-38-37-53-43)56-40-42(52)50-36-34-32-30-28-26-24-22-20-18-16-14-12-10-8-6-4-2/h3-40H2,1-2H3,(H,49,51)(H,50,52). The van der Waals surface area contributed by atoms with Crippen molar-refractivity contribution in [1.82, 2.24) is 10.6 Å². The third-order valence-corrected chi connectivity index (χ3v) is 23.0. The van der Waals surface area contributed by atoms with Gasteiger partial charge in [0.05, 0.1) is 36.9 Å². The molecule has 0 aromatic carbocycles. The highest BCUT2D eigenvalue weighted by Gasteiger charge is 2.32. The number of unbranched alkanes of at least 4 members (excludes halogenated alkanes) is 30. The molecule has 60 heavy (non-hydrogen) atoms. The molecule has 0 aromatic rings. The fourth-order valence-electron chi connectivity index (χ4n) is 7.50. The summed E-state index contributed by atoms with van der Waals surface area (Å²) < 4.78 is 7.96. The molecule has 0 saturated carbocycles. The monoisotopic (exact) mass is 976 g/mol. The summed E-state index contributed by atoms with van der Waals surface area (Å²) in [5.74, 6) is 3.47. The SMILES string of the molecule is CCCCCCCCCCCCCCCCCCNC(=O)CSC1=C(SCC(=O)NCCCCCCCCCCCCCCCCCC)SC(=C2SC3=C(SCCS3)S2)S1. The van der Waals surface area contributed by atoms with E-state index < -0.39 is 0 Å². The van der Waals surface area contributed by atoms with Crippen molar-refractivity contribution in [3.05, 3.63) is 25.4 Å². The van der Waals surface area contributed by atoms with E-state index >= 15 is 0 Å². The normalized spacial score (nSPS) is 15.4. The lowest BCUT2D eigenvalue weighted by Crippen LogP contribution is -2.26. The molecule has 3 rings (SSSR count). The quantitative estimate of drug-likeness (QED) is 0.0581. The van der Waals surface area contributed by atoms with Crippen LogP contribution in [0, 0.1) is 0 Å². The first-order valence-electron chi connectivity index (χ1n) is 24.6. The number of carbonyl (C=O) groups is 2. The molecule has 0 bridgehead atoms. The first kappa shape index (κ1) is 55.3. The maximum Gasteiger partial charge on any atom is 0.230 e. The van der Waals surface area contributed by atoms with Gasteiger partial charge in [-0.15, -0.1) is 47.0 Å². The van der Waals surface area contributed by atoms with Crippen LogP contribution in [0.5, 0.6) is 0 Å². The van der Waals surface area contributed by atoms with Gasteiger partial charge in [-0.05, 0) is 12.8 Å². The molecule has 2 N–H and O–H groups in total. The van der Waals surface area contributed by atoms with Crippen LogP contribution >= 0.6 is 94.1 Å². The average Bonchev–Trinajstić information content (AvgIpc) is 3.89. The summed E-state index contributed by atoms with van der Waals surface area (Å²) in [6.07, 6.45) is 43.5. The summed E-state index contributed by atoms with van der Waals surface area (Å²) in [7, 11) is 0. The Morgan fingerprint density at radius 1 is 0.383 bits per heavy atom. The zero-order valence-electron chi connectivity index (χ0n) is 38.0. The van der Waals surface area contributed by atoms with E-state index in [0.29, 0.717) is 11.5 Å². The number of carbonyl (C=O) groups excluding carboxylic acids is 2. The molecular weight excluding hydrogens is 893 g/mol. The van der Waals surface area contributed by atoms with E-state index in [4.69, 9.17) is 0 Å². The van der Waals surface area contributed by atoms with Crippen molar-refractivity contribution in [3.63, 3.8) is 0 Å². The second kappa shape index (κ2) is 39.2. The second-order valence-corrected chi connectivity index (χ2v) is 26.5. The van der Waals surface area contributed by atoms with Crippen LogP contribution in [-0.2, 0) is 9.59 Å². The highest BCUT2D eigenvalue weighted by atomic mass is 32.3. The predicted molar refractivity (Wildman–Crippen MR) is 286 cm³/mol. The molecule has 0 atom stereocenters. The number of hydrogen-bond acceptors (Lipinski definition) is 10. The van der Waals surface area contributed by atoms with Crippen LogP contribution in [0.15, 0.2) is 25.4 Å². The molecule has 0 aliphatic carbocycles. The van der Waals surface area contributed by atoms with Crippen LogP contribution in [0.3, 0.4) is 0 Å². The van der Waals surface area contributed by atoms with E-state index in [0.717, 1.165) is 25.9 Å². The van der Waals surface area contributed by atoms with Gasteiger partial charge < -0.3 is 10.6 Å². The van der Waals surface area contributed by atoms with Gasteiger partial charge in [-0.25, -0.2) is 0 Å². The summed E-state index contributed by atoms with van der Waals surface area (Å²) in [5.41, 5.74) is 0. The van der Waals surface area contributed by atoms with Crippen molar-refractivity contribution in [3.8, 4) is 0 Å². The van der Waals surface area contributed by atoms with E-state index in [9.17, 15) is 9.59 Å². The van der Waals surface area contributed by atoms with Crippen molar-refractivity contribution < 1.29 is 9.59 Å². The van der Waals surface area contributed by atoms with Gasteiger partial charge in [0.25, 0.3) is 0 Å². The first-order chi connectivity index (χ1) is 29.6. The van der Waals surface area contributed by atoms with Crippen LogP contribution in [0.2, 0.25) is 0 Å². The van der Waals surface area contributed by atoms with Crippen LogP contribution in [0.1, 0.15) is 219 Å². The summed E-state index contributed by atoms with van der Waals surface area (Å²) in [6.45, 7) is 6.13. The van der Waals surface area contributed by atoms with Gasteiger partial charge in [0, 0.05) is 24.6 Å². The Balaban J connectivity index is 1.22. The minimum Gasteiger partial charge on any atom is -0.355 e. The Kier molecular flexibility index (Phi) is 36.1. The van der Waals surface area contributed by atoms with Crippen molar-refractivity contribution in [2.24, 2.45) is 0 Å². The Morgan fingerprint density at radius 2 is 0.650 bits per heavy atom. The van der Waals surface area contributed by atoms with E-state index in [1.807, 2.05) is 70.6 Å². The molecule has 3 aliphatic rings. The molecule has 0 radical (unpaired) electrons. The van der Waals surface area contributed by atoms with E-state index in [-0.39, 0.29) is 11.8 Å². The van der Waals surface area contributed by atoms with E-state index in [1.165, 1.54) is 230 Å². The van der Waals surface area contributed by atoms with E-state index in [1.54, 1.807) is 23.5 Å². The molecule has 0 fully saturated rings. The van der Waals surface area contributed by atoms with Crippen molar-refractivity contribution in [1.29, 1.82) is 0 Å². The molecule has 2 amide bonds. The van der Waals surface area contributed by atoms with Crippen LogP contribution in [0.25, 0.3) is 0 Å². The molecule has 12 heteroatoms. The van der Waals surface area contributed by atoms with Crippen LogP contribution < -0.4 is 10.6 Å². The minimum absolute atomic E-state index is 0.121. The molecule has 0 spiro atoms. The Labute approximate surface area is 403 Å². The van der Waals surface area contributed by atoms with Crippen LogP contribution in [0.4, 0.5) is 0 Å². The number of nitrogens with one attached hydrogen (secondary N) is 2. The molecule has 0 saturated heterocycles. The van der Waals surface area contributed by atoms with E-state index in [2.05, 4.69) is 24.5 Å². The Hall–Kier alpha value is 0.960. The molecule has 0 aromatic heterocycles. The van der Waals surface area contributed by atoms with Crippen LogP contribution in [-0.4, -0.2) is 47.9 Å². The summed E-state index contributed by atoms with van der Waals surface area (Å²) in [6, 6.07) is 0. The molecule has 4 nitrogen and oxygen atoms in total. The fraction of sp³-hybridized carbons (Fsp3) is 0.833. The zero-order chi connectivity index (χ0) is 42.6. The zero-order valence-corrected chi connectivity index (χ0v) is 44.5. The third kappa shape index (κ3) is 28.1. The lowest BCUT2D eigenvalue weighted by Gasteiger charge is -2.08. The molecule has 0 unspecified atom stereocenters. The van der Waals surface area contributed by atoms with Gasteiger partial charge in [0.15, 0.2) is 0 Å². The minimum atomic E-state index is 0.121. The van der Waals surface area contributed by atoms with Gasteiger partial charge in [0.2, 0.25) is 11.8 Å². The number of thioether (sulfide) groups is 8. The maximum atomic E-state index is 12.9. The topological polar surface area (TPSA) is 58.2 Å². The van der Waals surface area contributed by atoms with Gasteiger partial charge in [-0.1, -0.05) is 254 Å². The average molecular weight is 978 g/mol. The summed E-state index contributed by atoms with van der Waals surface area (Å²) >= 11 is 14.7. The number of amides is 2. The van der Waals surface area contributed by atoms with Gasteiger partial charge in [-0.3, -0.25) is 9.59 Å². The van der Waals surface area contributed by atoms with Gasteiger partial charge in [-0.2, -0.15) is 0 Å². The molecule has 3 aliphatic heterocycles. The Bertz CT molecular complexity index is 1150. The second-order valence-electron chi connectivity index (χ2n) is 16.7. The molecular formula is C48H84N2O2S8. The fourth-order valence-corrected chi connectivity index (χ4v) is 19.3. The number of rotatable bonds is 40. The predicted octanol–water partition coefficient (Wildman–Crippen LogP) is 18.0. The largest absolute Gasteiger partial charge is 0.355 e. The molecule has 3 heterocycles. The highest BCUT2D eigenvalue weighted by Crippen LogP contribution is 2.66. The highest BCUT2D eigenvalue weighted by molar-refractivity contribution is 8.45.